The van der Waals surface area contributed by atoms with Crippen LogP contribution in [0.15, 0.2) is 24.5 Å². The number of carbonyl (C=O) groups excluding carboxylic acids is 2. The normalized spacial score (nSPS) is 11.4. The average molecular weight is 251 g/mol. The van der Waals surface area contributed by atoms with Gasteiger partial charge in [-0.25, -0.2) is 4.79 Å². The van der Waals surface area contributed by atoms with Crippen LogP contribution < -0.4 is 10.6 Å². The van der Waals surface area contributed by atoms with E-state index in [4.69, 9.17) is 0 Å². The fraction of sp³-hybridized carbons (Fsp3) is 0.417. The Kier molecular flexibility index (Phi) is 5.63. The quantitative estimate of drug-likeness (QED) is 0.812. The molecule has 0 saturated heterocycles. The molecule has 0 radical (unpaired) electrons. The molecule has 98 valence electrons. The summed E-state index contributed by atoms with van der Waals surface area (Å²) in [4.78, 5) is 26.7. The molecule has 6 nitrogen and oxygen atoms in total. The molecule has 6 heteroatoms. The molecule has 0 saturated carbocycles. The van der Waals surface area contributed by atoms with E-state index in [1.807, 2.05) is 6.07 Å². The van der Waals surface area contributed by atoms with Crippen molar-refractivity contribution in [3.8, 4) is 0 Å². The summed E-state index contributed by atoms with van der Waals surface area (Å²) in [5, 5.41) is 5.12. The van der Waals surface area contributed by atoms with Crippen LogP contribution in [0.1, 0.15) is 19.4 Å². The summed E-state index contributed by atoms with van der Waals surface area (Å²) >= 11 is 0. The summed E-state index contributed by atoms with van der Waals surface area (Å²) in [7, 11) is 0. The zero-order valence-corrected chi connectivity index (χ0v) is 10.5. The standard InChI is InChI=1S/C12H17N3O3/c1-3-18-12(17)15-9(2)11(16)14-8-10-5-4-6-13-7-10/h4-7,9H,3,8H2,1-2H3,(H,14,16)(H,15,17)/t9-/m0/s1. The van der Waals surface area contributed by atoms with Crippen molar-refractivity contribution in [2.75, 3.05) is 6.61 Å². The van der Waals surface area contributed by atoms with E-state index in [0.717, 1.165) is 5.56 Å². The molecule has 1 aromatic rings. The van der Waals surface area contributed by atoms with E-state index < -0.39 is 12.1 Å². The van der Waals surface area contributed by atoms with Crippen molar-refractivity contribution < 1.29 is 14.3 Å². The molecule has 18 heavy (non-hydrogen) atoms. The third-order valence-electron chi connectivity index (χ3n) is 2.19. The highest BCUT2D eigenvalue weighted by molar-refractivity contribution is 5.85. The lowest BCUT2D eigenvalue weighted by atomic mass is 10.2. The van der Waals surface area contributed by atoms with Crippen LogP contribution in [-0.4, -0.2) is 29.6 Å². The molecule has 0 aliphatic carbocycles. The van der Waals surface area contributed by atoms with Gasteiger partial charge < -0.3 is 15.4 Å². The van der Waals surface area contributed by atoms with Gasteiger partial charge in [0.2, 0.25) is 5.91 Å². The topological polar surface area (TPSA) is 80.3 Å². The van der Waals surface area contributed by atoms with Crippen LogP contribution in [-0.2, 0) is 16.1 Å². The number of nitrogens with zero attached hydrogens (tertiary/aromatic N) is 1. The van der Waals surface area contributed by atoms with E-state index >= 15 is 0 Å². The highest BCUT2D eigenvalue weighted by Gasteiger charge is 2.15. The molecule has 0 bridgehead atoms. The zero-order chi connectivity index (χ0) is 13.4. The molecule has 2 amide bonds. The zero-order valence-electron chi connectivity index (χ0n) is 10.5. The number of hydrogen-bond acceptors (Lipinski definition) is 4. The van der Waals surface area contributed by atoms with Crippen LogP contribution in [0.3, 0.4) is 0 Å². The Balaban J connectivity index is 2.34. The van der Waals surface area contributed by atoms with Crippen LogP contribution in [0.25, 0.3) is 0 Å². The minimum absolute atomic E-state index is 0.271. The minimum Gasteiger partial charge on any atom is -0.450 e. The molecular weight excluding hydrogens is 234 g/mol. The molecule has 1 atom stereocenters. The number of ether oxygens (including phenoxy) is 1. The predicted octanol–water partition coefficient (Wildman–Crippen LogP) is 0.832. The number of carbonyl (C=O) groups is 2. The minimum atomic E-state index is -0.638. The molecule has 1 rings (SSSR count). The van der Waals surface area contributed by atoms with Crippen molar-refractivity contribution in [3.05, 3.63) is 30.1 Å². The average Bonchev–Trinajstić information content (AvgIpc) is 2.37. The number of pyridine rings is 1. The first-order valence-corrected chi connectivity index (χ1v) is 5.73. The summed E-state index contributed by atoms with van der Waals surface area (Å²) < 4.78 is 4.69. The largest absolute Gasteiger partial charge is 0.450 e. The Morgan fingerprint density at radius 2 is 2.28 bits per heavy atom. The second-order valence-electron chi connectivity index (χ2n) is 3.67. The maximum atomic E-state index is 11.7. The lowest BCUT2D eigenvalue weighted by molar-refractivity contribution is -0.122. The molecule has 2 N–H and O–H groups in total. The highest BCUT2D eigenvalue weighted by Crippen LogP contribution is 1.95. The van der Waals surface area contributed by atoms with Crippen molar-refractivity contribution in [3.63, 3.8) is 0 Å². The van der Waals surface area contributed by atoms with Gasteiger partial charge in [0.05, 0.1) is 6.61 Å². The van der Waals surface area contributed by atoms with Crippen LogP contribution in [0.2, 0.25) is 0 Å². The van der Waals surface area contributed by atoms with Crippen molar-refractivity contribution in [2.24, 2.45) is 0 Å². The molecule has 0 spiro atoms. The Hall–Kier alpha value is -2.11. The number of rotatable bonds is 5. The van der Waals surface area contributed by atoms with Gasteiger partial charge in [-0.3, -0.25) is 9.78 Å². The van der Waals surface area contributed by atoms with Gasteiger partial charge in [-0.15, -0.1) is 0 Å². The van der Waals surface area contributed by atoms with Gasteiger partial charge in [0.15, 0.2) is 0 Å². The smallest absolute Gasteiger partial charge is 0.407 e. The predicted molar refractivity (Wildman–Crippen MR) is 65.7 cm³/mol. The van der Waals surface area contributed by atoms with E-state index in [-0.39, 0.29) is 12.5 Å². The molecular formula is C12H17N3O3. The molecule has 1 aromatic heterocycles. The van der Waals surface area contributed by atoms with Gasteiger partial charge in [-0.2, -0.15) is 0 Å². The second kappa shape index (κ2) is 7.26. The Bertz CT molecular complexity index is 395. The number of aromatic nitrogens is 1. The van der Waals surface area contributed by atoms with Crippen molar-refractivity contribution in [1.29, 1.82) is 0 Å². The van der Waals surface area contributed by atoms with E-state index in [1.54, 1.807) is 32.3 Å². The van der Waals surface area contributed by atoms with Gasteiger partial charge in [0, 0.05) is 18.9 Å². The summed E-state index contributed by atoms with van der Waals surface area (Å²) in [6, 6.07) is 3.01. The SMILES string of the molecule is CCOC(=O)N[C@@H](C)C(=O)NCc1cccnc1. The van der Waals surface area contributed by atoms with Crippen molar-refractivity contribution in [2.45, 2.75) is 26.4 Å². The summed E-state index contributed by atoms with van der Waals surface area (Å²) in [5.74, 6) is -0.271. The van der Waals surface area contributed by atoms with Gasteiger partial charge in [0.25, 0.3) is 0 Å². The number of alkyl carbamates (subject to hydrolysis) is 1. The van der Waals surface area contributed by atoms with Crippen LogP contribution in [0.5, 0.6) is 0 Å². The van der Waals surface area contributed by atoms with E-state index in [2.05, 4.69) is 20.4 Å². The highest BCUT2D eigenvalue weighted by atomic mass is 16.5. The maximum Gasteiger partial charge on any atom is 0.407 e. The van der Waals surface area contributed by atoms with Gasteiger partial charge in [-0.05, 0) is 25.5 Å². The van der Waals surface area contributed by atoms with E-state index in [0.29, 0.717) is 6.54 Å². The first-order chi connectivity index (χ1) is 8.63. The lowest BCUT2D eigenvalue weighted by Gasteiger charge is -2.13. The van der Waals surface area contributed by atoms with E-state index in [9.17, 15) is 9.59 Å². The summed E-state index contributed by atoms with van der Waals surface area (Å²) in [6.45, 7) is 3.94. The first kappa shape index (κ1) is 14.0. The fourth-order valence-corrected chi connectivity index (χ4v) is 1.26. The maximum absolute atomic E-state index is 11.7. The second-order valence-corrected chi connectivity index (χ2v) is 3.67. The van der Waals surface area contributed by atoms with Crippen LogP contribution in [0.4, 0.5) is 4.79 Å². The van der Waals surface area contributed by atoms with Crippen molar-refractivity contribution in [1.82, 2.24) is 15.6 Å². The van der Waals surface area contributed by atoms with Crippen molar-refractivity contribution >= 4 is 12.0 Å². The Labute approximate surface area is 106 Å². The molecule has 0 unspecified atom stereocenters. The monoisotopic (exact) mass is 251 g/mol. The fourth-order valence-electron chi connectivity index (χ4n) is 1.26. The molecule has 0 aliphatic heterocycles. The molecule has 1 heterocycles. The van der Waals surface area contributed by atoms with Crippen LogP contribution in [0, 0.1) is 0 Å². The third kappa shape index (κ3) is 4.82. The molecule has 0 aromatic carbocycles. The van der Waals surface area contributed by atoms with E-state index in [1.165, 1.54) is 0 Å². The summed E-state index contributed by atoms with van der Waals surface area (Å²) in [6.07, 6.45) is 2.74. The number of amides is 2. The molecule has 0 fully saturated rings. The number of nitrogens with one attached hydrogen (secondary N) is 2. The Morgan fingerprint density at radius 1 is 1.50 bits per heavy atom. The van der Waals surface area contributed by atoms with Gasteiger partial charge in [-0.1, -0.05) is 6.07 Å². The van der Waals surface area contributed by atoms with Gasteiger partial charge in [0.1, 0.15) is 6.04 Å². The third-order valence-corrected chi connectivity index (χ3v) is 2.19. The molecule has 0 aliphatic rings. The lowest BCUT2D eigenvalue weighted by Crippen LogP contribution is -2.44. The van der Waals surface area contributed by atoms with Gasteiger partial charge >= 0.3 is 6.09 Å². The Morgan fingerprint density at radius 3 is 2.89 bits per heavy atom. The first-order valence-electron chi connectivity index (χ1n) is 5.73. The number of hydrogen-bond donors (Lipinski definition) is 2. The van der Waals surface area contributed by atoms with Crippen LogP contribution >= 0.6 is 0 Å². The summed E-state index contributed by atoms with van der Waals surface area (Å²) in [5.41, 5.74) is 0.897.